The number of aryl methyl sites for hydroxylation is 1. The number of carbonyl (C=O) groups is 1. The van der Waals surface area contributed by atoms with Crippen molar-refractivity contribution in [2.75, 3.05) is 20.2 Å². The minimum Gasteiger partial charge on any atom is -0.495 e. The molecule has 7 nitrogen and oxygen atoms in total. The molecule has 1 amide bonds. The van der Waals surface area contributed by atoms with Gasteiger partial charge in [-0.15, -0.1) is 0 Å². The highest BCUT2D eigenvalue weighted by Crippen LogP contribution is 2.41. The Morgan fingerprint density at radius 2 is 1.97 bits per heavy atom. The molecule has 1 aromatic heterocycles. The van der Waals surface area contributed by atoms with Gasteiger partial charge in [0.25, 0.3) is 5.91 Å². The zero-order valence-electron chi connectivity index (χ0n) is 20.3. The van der Waals surface area contributed by atoms with Crippen molar-refractivity contribution >= 4 is 17.9 Å². The van der Waals surface area contributed by atoms with E-state index in [4.69, 9.17) is 9.73 Å². The summed E-state index contributed by atoms with van der Waals surface area (Å²) in [5, 5.41) is 0. The maximum atomic E-state index is 13.6. The number of ether oxygens (including phenoxy) is 1. The van der Waals surface area contributed by atoms with E-state index in [0.717, 1.165) is 35.5 Å². The first-order chi connectivity index (χ1) is 16.8. The number of benzene rings is 2. The van der Waals surface area contributed by atoms with Crippen molar-refractivity contribution in [2.45, 2.75) is 32.7 Å². The van der Waals surface area contributed by atoms with Crippen LogP contribution < -0.4 is 4.74 Å². The van der Waals surface area contributed by atoms with Crippen LogP contribution in [0.3, 0.4) is 0 Å². The molecule has 0 N–H and O–H groups in total. The van der Waals surface area contributed by atoms with Gasteiger partial charge in [-0.05, 0) is 61.7 Å². The Kier molecular flexibility index (Phi) is 5.67. The second kappa shape index (κ2) is 8.69. The van der Waals surface area contributed by atoms with Crippen LogP contribution >= 0.6 is 0 Å². The van der Waals surface area contributed by atoms with E-state index in [1.807, 2.05) is 42.8 Å². The number of hydrogen-bond donors (Lipinski definition) is 0. The number of nitrogens with zero attached hydrogens (tertiary/aromatic N) is 5. The van der Waals surface area contributed by atoms with E-state index < -0.39 is 5.54 Å². The highest BCUT2D eigenvalue weighted by molar-refractivity contribution is 6.15. The summed E-state index contributed by atoms with van der Waals surface area (Å²) in [6, 6.07) is 12.1. The first-order valence-corrected chi connectivity index (χ1v) is 11.7. The summed E-state index contributed by atoms with van der Waals surface area (Å²) in [6.45, 7) is 7.43. The van der Waals surface area contributed by atoms with E-state index in [-0.39, 0.29) is 11.7 Å². The lowest BCUT2D eigenvalue weighted by Gasteiger charge is -2.31. The molecule has 2 aromatic carbocycles. The summed E-state index contributed by atoms with van der Waals surface area (Å²) >= 11 is 0. The third kappa shape index (κ3) is 3.88. The topological polar surface area (TPSA) is 63.0 Å². The van der Waals surface area contributed by atoms with Crippen molar-refractivity contribution in [1.29, 1.82) is 0 Å². The predicted molar refractivity (Wildman–Crippen MR) is 133 cm³/mol. The highest BCUT2D eigenvalue weighted by Gasteiger charge is 2.52. The number of amides is 1. The maximum absolute atomic E-state index is 13.6. The Balaban J connectivity index is 1.52. The molecule has 5 rings (SSSR count). The molecule has 0 radical (unpaired) electrons. The number of rotatable bonds is 6. The quantitative estimate of drug-likeness (QED) is 0.495. The lowest BCUT2D eigenvalue weighted by Crippen LogP contribution is -2.44. The summed E-state index contributed by atoms with van der Waals surface area (Å²) in [7, 11) is 1.62. The summed E-state index contributed by atoms with van der Waals surface area (Å²) in [5.74, 6) is 0.844. The largest absolute Gasteiger partial charge is 0.495 e. The molecular formula is C27H28FN5O2. The van der Waals surface area contributed by atoms with Crippen LogP contribution in [0, 0.1) is 12.7 Å². The Hall–Kier alpha value is -3.94. The Bertz CT molecular complexity index is 1340. The van der Waals surface area contributed by atoms with Gasteiger partial charge in [0, 0.05) is 19.3 Å². The lowest BCUT2D eigenvalue weighted by atomic mass is 9.91. The van der Waals surface area contributed by atoms with Crippen LogP contribution in [0.15, 0.2) is 65.7 Å². The van der Waals surface area contributed by atoms with Crippen molar-refractivity contribution in [3.05, 3.63) is 83.3 Å². The van der Waals surface area contributed by atoms with Crippen molar-refractivity contribution < 1.29 is 13.9 Å². The van der Waals surface area contributed by atoms with E-state index >= 15 is 0 Å². The van der Waals surface area contributed by atoms with Crippen LogP contribution in [0.25, 0.3) is 11.8 Å². The van der Waals surface area contributed by atoms with Gasteiger partial charge in [-0.25, -0.2) is 14.4 Å². The van der Waals surface area contributed by atoms with Crippen LogP contribution in [0.1, 0.15) is 37.1 Å². The molecule has 1 unspecified atom stereocenters. The molecule has 1 saturated heterocycles. The van der Waals surface area contributed by atoms with Crippen LogP contribution in [0.5, 0.6) is 5.75 Å². The predicted octanol–water partition coefficient (Wildman–Crippen LogP) is 4.51. The normalized spacial score (nSPS) is 20.5. The van der Waals surface area contributed by atoms with Gasteiger partial charge in [-0.2, -0.15) is 0 Å². The van der Waals surface area contributed by atoms with Gasteiger partial charge in [0.15, 0.2) is 0 Å². The summed E-state index contributed by atoms with van der Waals surface area (Å²) in [4.78, 5) is 26.6. The highest BCUT2D eigenvalue weighted by atomic mass is 19.1. The standard InChI is InChI=1S/C27H28FN5O2/c1-5-12-31-16-27(3,20-7-9-21(28)10-8-20)33-25(34)22(30-26(31)33)13-19-6-11-23(24(14-19)35-4)32-15-18(2)29-17-32/h6-11,13-15,17H,5,12,16H2,1-4H3/b22-13-. The van der Waals surface area contributed by atoms with Crippen LogP contribution in [-0.4, -0.2) is 51.4 Å². The molecule has 35 heavy (non-hydrogen) atoms. The molecule has 0 aliphatic carbocycles. The van der Waals surface area contributed by atoms with Gasteiger partial charge in [-0.3, -0.25) is 9.69 Å². The summed E-state index contributed by atoms with van der Waals surface area (Å²) < 4.78 is 21.1. The molecule has 0 spiro atoms. The van der Waals surface area contributed by atoms with E-state index in [2.05, 4.69) is 16.8 Å². The Morgan fingerprint density at radius 1 is 1.20 bits per heavy atom. The number of carbonyl (C=O) groups excluding carboxylic acids is 1. The molecule has 1 atom stereocenters. The molecule has 3 aromatic rings. The number of guanidine groups is 1. The third-order valence-electron chi connectivity index (χ3n) is 6.57. The first-order valence-electron chi connectivity index (χ1n) is 11.7. The molecule has 1 fully saturated rings. The number of halogens is 1. The van der Waals surface area contributed by atoms with E-state index in [1.165, 1.54) is 12.1 Å². The summed E-state index contributed by atoms with van der Waals surface area (Å²) in [6.07, 6.45) is 6.38. The zero-order valence-corrected chi connectivity index (χ0v) is 20.3. The molecule has 180 valence electrons. The first kappa shape index (κ1) is 22.8. The van der Waals surface area contributed by atoms with Gasteiger partial charge in [0.05, 0.1) is 30.4 Å². The number of aliphatic imine (C=N–C) groups is 1. The number of aromatic nitrogens is 2. The molecule has 8 heteroatoms. The summed E-state index contributed by atoms with van der Waals surface area (Å²) in [5.41, 5.74) is 3.17. The van der Waals surface area contributed by atoms with Crippen LogP contribution in [-0.2, 0) is 10.3 Å². The minimum atomic E-state index is -0.644. The van der Waals surface area contributed by atoms with Crippen molar-refractivity contribution in [2.24, 2.45) is 4.99 Å². The average molecular weight is 474 g/mol. The number of hydrogen-bond acceptors (Lipinski definition) is 5. The van der Waals surface area contributed by atoms with Gasteiger partial charge >= 0.3 is 0 Å². The van der Waals surface area contributed by atoms with E-state index in [9.17, 15) is 9.18 Å². The van der Waals surface area contributed by atoms with Crippen molar-refractivity contribution in [1.82, 2.24) is 19.4 Å². The third-order valence-corrected chi connectivity index (χ3v) is 6.57. The van der Waals surface area contributed by atoms with E-state index in [0.29, 0.717) is 24.0 Å². The van der Waals surface area contributed by atoms with E-state index in [1.54, 1.807) is 36.5 Å². The zero-order chi connectivity index (χ0) is 24.7. The molecule has 0 saturated carbocycles. The number of imidazole rings is 1. The van der Waals surface area contributed by atoms with Gasteiger partial charge in [-0.1, -0.05) is 25.1 Å². The van der Waals surface area contributed by atoms with Crippen molar-refractivity contribution in [3.63, 3.8) is 0 Å². The van der Waals surface area contributed by atoms with Gasteiger partial charge in [0.1, 0.15) is 17.3 Å². The SMILES string of the molecule is CCCN1CC(C)(c2ccc(F)cc2)N2C(=O)/C(=C/c3ccc(-n4cnc(C)c4)c(OC)c3)N=C12. The monoisotopic (exact) mass is 473 g/mol. The van der Waals surface area contributed by atoms with Crippen LogP contribution in [0.4, 0.5) is 4.39 Å². The smallest absolute Gasteiger partial charge is 0.280 e. The molecule has 2 aliphatic rings. The molecule has 0 bridgehead atoms. The second-order valence-electron chi connectivity index (χ2n) is 9.14. The molecular weight excluding hydrogens is 445 g/mol. The lowest BCUT2D eigenvalue weighted by molar-refractivity contribution is -0.125. The number of methoxy groups -OCH3 is 1. The Morgan fingerprint density at radius 3 is 2.63 bits per heavy atom. The Labute approximate surface area is 204 Å². The maximum Gasteiger partial charge on any atom is 0.280 e. The van der Waals surface area contributed by atoms with Gasteiger partial charge in [0.2, 0.25) is 5.96 Å². The van der Waals surface area contributed by atoms with Crippen molar-refractivity contribution in [3.8, 4) is 11.4 Å². The number of fused-ring (bicyclic) bond motifs is 1. The molecule has 2 aliphatic heterocycles. The fraction of sp³-hybridized carbons (Fsp3) is 0.296. The fourth-order valence-electron chi connectivity index (χ4n) is 4.86. The minimum absolute atomic E-state index is 0.168. The average Bonchev–Trinajstić information content (AvgIpc) is 3.50. The second-order valence-corrected chi connectivity index (χ2v) is 9.14. The fourth-order valence-corrected chi connectivity index (χ4v) is 4.86. The van der Waals surface area contributed by atoms with Crippen LogP contribution in [0.2, 0.25) is 0 Å². The van der Waals surface area contributed by atoms with Gasteiger partial charge < -0.3 is 14.2 Å². The molecule has 3 heterocycles.